The highest BCUT2D eigenvalue weighted by Gasteiger charge is 2.39. The van der Waals surface area contributed by atoms with Crippen LogP contribution in [-0.2, 0) is 4.79 Å². The molecule has 0 saturated carbocycles. The Morgan fingerprint density at radius 1 is 1.07 bits per heavy atom. The molecule has 0 unspecified atom stereocenters. The summed E-state index contributed by atoms with van der Waals surface area (Å²) in [5, 5.41) is 7.77. The molecule has 0 bridgehead atoms. The predicted molar refractivity (Wildman–Crippen MR) is 110 cm³/mol. The second kappa shape index (κ2) is 7.20. The molecular weight excluding hydrogens is 364 g/mol. The number of ether oxygens (including phenoxy) is 1. The summed E-state index contributed by atoms with van der Waals surface area (Å²) in [7, 11) is 0. The van der Waals surface area contributed by atoms with Gasteiger partial charge < -0.3 is 10.1 Å². The number of hydrogen-bond acceptors (Lipinski definition) is 5. The summed E-state index contributed by atoms with van der Waals surface area (Å²) < 4.78 is 7.37. The van der Waals surface area contributed by atoms with Gasteiger partial charge in [-0.15, -0.1) is 0 Å². The number of rotatable bonds is 4. The molecule has 146 valence electrons. The van der Waals surface area contributed by atoms with Gasteiger partial charge in [0, 0.05) is 17.7 Å². The number of fused-ring (bicyclic) bond motifs is 1. The second-order valence-electron chi connectivity index (χ2n) is 7.39. The highest BCUT2D eigenvalue weighted by Crippen LogP contribution is 2.43. The van der Waals surface area contributed by atoms with Crippen LogP contribution in [0.5, 0.6) is 5.75 Å². The molecule has 0 amide bonds. The Bertz CT molecular complexity index is 1070. The molecule has 1 N–H and O–H groups in total. The average molecular weight is 386 g/mol. The molecule has 6 heteroatoms. The molecule has 2 aromatic carbocycles. The number of allylic oxidation sites excluding steroid dienone is 2. The lowest BCUT2D eigenvalue weighted by Gasteiger charge is -2.35. The number of Topliss-reactive ketones (excluding diaryl/α,β-unsaturated/α-hetero) is 1. The van der Waals surface area contributed by atoms with E-state index in [1.54, 1.807) is 4.68 Å². The highest BCUT2D eigenvalue weighted by molar-refractivity contribution is 6.00. The molecule has 1 aliphatic heterocycles. The first-order valence-corrected chi connectivity index (χ1v) is 9.95. The van der Waals surface area contributed by atoms with E-state index in [-0.39, 0.29) is 17.7 Å². The van der Waals surface area contributed by atoms with E-state index in [0.29, 0.717) is 19.0 Å². The molecule has 2 aliphatic rings. The average Bonchev–Trinajstić information content (AvgIpc) is 3.22. The van der Waals surface area contributed by atoms with Crippen molar-refractivity contribution in [3.8, 4) is 5.75 Å². The van der Waals surface area contributed by atoms with Crippen molar-refractivity contribution in [2.24, 2.45) is 0 Å². The van der Waals surface area contributed by atoms with Gasteiger partial charge in [0.25, 0.3) is 0 Å². The molecule has 2 heterocycles. The quantitative estimate of drug-likeness (QED) is 0.731. The standard InChI is InChI=1S/C23H22N4O2/c1-2-29-18-10-8-16(9-11-18)22-21-19(26-23-24-14-25-27(22)23)12-17(13-20(21)28)15-6-4-3-5-7-15/h3-11,14,17,22H,2,12-13H2,1H3,(H,24,25,26)/t17-,22-/m0/s1. The van der Waals surface area contributed by atoms with E-state index >= 15 is 0 Å². The summed E-state index contributed by atoms with van der Waals surface area (Å²) >= 11 is 0. The first kappa shape index (κ1) is 17.7. The number of carbonyl (C=O) groups is 1. The summed E-state index contributed by atoms with van der Waals surface area (Å²) in [4.78, 5) is 17.7. The minimum absolute atomic E-state index is 0.160. The van der Waals surface area contributed by atoms with Crippen molar-refractivity contribution in [1.29, 1.82) is 0 Å². The van der Waals surface area contributed by atoms with Gasteiger partial charge in [-0.3, -0.25) is 4.79 Å². The van der Waals surface area contributed by atoms with Crippen molar-refractivity contribution in [2.75, 3.05) is 11.9 Å². The predicted octanol–water partition coefficient (Wildman–Crippen LogP) is 4.09. The van der Waals surface area contributed by atoms with Gasteiger partial charge in [0.15, 0.2) is 5.78 Å². The van der Waals surface area contributed by atoms with E-state index < -0.39 is 0 Å². The van der Waals surface area contributed by atoms with Crippen LogP contribution in [0.1, 0.15) is 42.9 Å². The Hall–Kier alpha value is -3.41. The Labute approximate surface area is 169 Å². The smallest absolute Gasteiger partial charge is 0.226 e. The van der Waals surface area contributed by atoms with E-state index in [0.717, 1.165) is 29.0 Å². The Kier molecular flexibility index (Phi) is 4.39. The summed E-state index contributed by atoms with van der Waals surface area (Å²) in [6, 6.07) is 17.9. The molecule has 6 nitrogen and oxygen atoms in total. The van der Waals surface area contributed by atoms with E-state index in [1.165, 1.54) is 11.9 Å². The molecule has 3 aromatic rings. The fourth-order valence-electron chi connectivity index (χ4n) is 4.33. The van der Waals surface area contributed by atoms with Gasteiger partial charge in [0.1, 0.15) is 18.1 Å². The van der Waals surface area contributed by atoms with E-state index in [9.17, 15) is 4.79 Å². The van der Waals surface area contributed by atoms with Gasteiger partial charge in [-0.1, -0.05) is 42.5 Å². The zero-order valence-corrected chi connectivity index (χ0v) is 16.2. The fraction of sp³-hybridized carbons (Fsp3) is 0.261. The van der Waals surface area contributed by atoms with Crippen molar-refractivity contribution >= 4 is 11.7 Å². The first-order valence-electron chi connectivity index (χ1n) is 9.95. The number of nitrogens with zero attached hydrogens (tertiary/aromatic N) is 3. The lowest BCUT2D eigenvalue weighted by Crippen LogP contribution is -2.33. The molecule has 0 spiro atoms. The molecule has 29 heavy (non-hydrogen) atoms. The maximum atomic E-state index is 13.3. The summed E-state index contributed by atoms with van der Waals surface area (Å²) in [5.41, 5.74) is 3.94. The van der Waals surface area contributed by atoms with Crippen LogP contribution in [-0.4, -0.2) is 27.2 Å². The molecule has 5 rings (SSSR count). The topological polar surface area (TPSA) is 69.0 Å². The van der Waals surface area contributed by atoms with Crippen molar-refractivity contribution in [1.82, 2.24) is 14.8 Å². The van der Waals surface area contributed by atoms with Gasteiger partial charge in [0.2, 0.25) is 5.95 Å². The van der Waals surface area contributed by atoms with Gasteiger partial charge in [-0.05, 0) is 42.5 Å². The largest absolute Gasteiger partial charge is 0.494 e. The monoisotopic (exact) mass is 386 g/mol. The second-order valence-corrected chi connectivity index (χ2v) is 7.39. The van der Waals surface area contributed by atoms with Crippen LogP contribution in [0.3, 0.4) is 0 Å². The van der Waals surface area contributed by atoms with E-state index in [4.69, 9.17) is 4.74 Å². The molecule has 0 saturated heterocycles. The third-order valence-electron chi connectivity index (χ3n) is 5.64. The number of anilines is 1. The molecular formula is C23H22N4O2. The lowest BCUT2D eigenvalue weighted by molar-refractivity contribution is -0.116. The third-order valence-corrected chi connectivity index (χ3v) is 5.64. The maximum absolute atomic E-state index is 13.3. The maximum Gasteiger partial charge on any atom is 0.226 e. The molecule has 0 fully saturated rings. The number of benzene rings is 2. The normalized spacial score (nSPS) is 20.7. The number of aromatic nitrogens is 3. The van der Waals surface area contributed by atoms with Crippen molar-refractivity contribution in [2.45, 2.75) is 31.7 Å². The minimum atomic E-state index is -0.274. The van der Waals surface area contributed by atoms with Crippen LogP contribution >= 0.6 is 0 Å². The zero-order chi connectivity index (χ0) is 19.8. The summed E-state index contributed by atoms with van der Waals surface area (Å²) in [6.45, 7) is 2.58. The Balaban J connectivity index is 1.56. The van der Waals surface area contributed by atoms with Crippen LogP contribution in [0.4, 0.5) is 5.95 Å². The van der Waals surface area contributed by atoms with Gasteiger partial charge in [0.05, 0.1) is 6.61 Å². The van der Waals surface area contributed by atoms with Gasteiger partial charge >= 0.3 is 0 Å². The number of carbonyl (C=O) groups excluding carboxylic acids is 1. The molecule has 1 aliphatic carbocycles. The van der Waals surface area contributed by atoms with Crippen LogP contribution in [0.2, 0.25) is 0 Å². The Morgan fingerprint density at radius 2 is 1.86 bits per heavy atom. The molecule has 0 radical (unpaired) electrons. The summed E-state index contributed by atoms with van der Waals surface area (Å²) in [5.74, 6) is 1.82. The number of ketones is 1. The van der Waals surface area contributed by atoms with Crippen LogP contribution < -0.4 is 10.1 Å². The fourth-order valence-corrected chi connectivity index (χ4v) is 4.33. The van der Waals surface area contributed by atoms with Crippen molar-refractivity contribution in [3.63, 3.8) is 0 Å². The lowest BCUT2D eigenvalue weighted by atomic mass is 9.78. The Morgan fingerprint density at radius 3 is 2.62 bits per heavy atom. The van der Waals surface area contributed by atoms with Crippen molar-refractivity contribution < 1.29 is 9.53 Å². The van der Waals surface area contributed by atoms with E-state index in [2.05, 4.69) is 27.5 Å². The molecule has 1 aromatic heterocycles. The minimum Gasteiger partial charge on any atom is -0.494 e. The summed E-state index contributed by atoms with van der Waals surface area (Å²) in [6.07, 6.45) is 2.81. The van der Waals surface area contributed by atoms with Crippen LogP contribution in [0.25, 0.3) is 0 Å². The third kappa shape index (κ3) is 3.10. The number of nitrogens with one attached hydrogen (secondary N) is 1. The van der Waals surface area contributed by atoms with Crippen LogP contribution in [0, 0.1) is 0 Å². The first-order chi connectivity index (χ1) is 14.2. The highest BCUT2D eigenvalue weighted by atomic mass is 16.5. The van der Waals surface area contributed by atoms with Crippen molar-refractivity contribution in [3.05, 3.63) is 83.3 Å². The van der Waals surface area contributed by atoms with Crippen LogP contribution in [0.15, 0.2) is 72.2 Å². The van der Waals surface area contributed by atoms with Gasteiger partial charge in [-0.25, -0.2) is 4.68 Å². The molecule has 2 atom stereocenters. The zero-order valence-electron chi connectivity index (χ0n) is 16.2. The number of hydrogen-bond donors (Lipinski definition) is 1. The van der Waals surface area contributed by atoms with Gasteiger partial charge in [-0.2, -0.15) is 10.1 Å². The van der Waals surface area contributed by atoms with E-state index in [1.807, 2.05) is 49.4 Å². The SMILES string of the molecule is CCOc1ccc([C@H]2C3=C(C[C@H](c4ccccc4)CC3=O)Nc3ncnn32)cc1.